The van der Waals surface area contributed by atoms with Gasteiger partial charge in [-0.1, -0.05) is 0 Å². The zero-order valence-corrected chi connectivity index (χ0v) is 8.88. The molecular formula is C11H10FN3O2. The predicted octanol–water partition coefficient (Wildman–Crippen LogP) is 1.42. The lowest BCUT2D eigenvalue weighted by atomic mass is 10.2. The van der Waals surface area contributed by atoms with E-state index in [4.69, 9.17) is 5.11 Å². The second-order valence-corrected chi connectivity index (χ2v) is 3.48. The third-order valence-electron chi connectivity index (χ3n) is 2.19. The molecule has 0 atom stereocenters. The Labute approximate surface area is 96.5 Å². The van der Waals surface area contributed by atoms with Gasteiger partial charge in [-0.3, -0.25) is 4.79 Å². The van der Waals surface area contributed by atoms with Gasteiger partial charge in [0, 0.05) is 12.6 Å². The number of aliphatic carboxylic acids is 1. The van der Waals surface area contributed by atoms with Crippen LogP contribution >= 0.6 is 0 Å². The lowest BCUT2D eigenvalue weighted by Crippen LogP contribution is -2.01. The molecule has 0 aromatic carbocycles. The van der Waals surface area contributed by atoms with Crippen molar-refractivity contribution in [2.75, 3.05) is 0 Å². The van der Waals surface area contributed by atoms with E-state index in [1.165, 1.54) is 16.8 Å². The van der Waals surface area contributed by atoms with Gasteiger partial charge >= 0.3 is 5.97 Å². The first kappa shape index (κ1) is 11.3. The van der Waals surface area contributed by atoms with Gasteiger partial charge in [0.2, 0.25) is 0 Å². The van der Waals surface area contributed by atoms with E-state index in [-0.39, 0.29) is 6.42 Å². The molecule has 0 radical (unpaired) electrons. The Bertz CT molecular complexity index is 522. The monoisotopic (exact) mass is 235 g/mol. The highest BCUT2D eigenvalue weighted by Crippen LogP contribution is 2.06. The fourth-order valence-corrected chi connectivity index (χ4v) is 1.36. The van der Waals surface area contributed by atoms with E-state index in [0.29, 0.717) is 17.9 Å². The Morgan fingerprint density at radius 1 is 1.41 bits per heavy atom. The minimum Gasteiger partial charge on any atom is -0.481 e. The van der Waals surface area contributed by atoms with Crippen molar-refractivity contribution in [2.45, 2.75) is 12.8 Å². The molecular weight excluding hydrogens is 225 g/mol. The highest BCUT2D eigenvalue weighted by atomic mass is 19.1. The summed E-state index contributed by atoms with van der Waals surface area (Å²) in [6.07, 6.45) is 3.17. The minimum atomic E-state index is -0.862. The number of hydrogen-bond acceptors (Lipinski definition) is 3. The van der Waals surface area contributed by atoms with E-state index in [1.54, 1.807) is 12.3 Å². The Morgan fingerprint density at radius 3 is 2.88 bits per heavy atom. The molecule has 0 aliphatic carbocycles. The molecule has 2 aromatic heterocycles. The van der Waals surface area contributed by atoms with E-state index in [0.717, 1.165) is 6.20 Å². The number of rotatable bonds is 4. The molecule has 88 valence electrons. The van der Waals surface area contributed by atoms with Crippen LogP contribution in [-0.4, -0.2) is 25.8 Å². The molecule has 0 amide bonds. The zero-order chi connectivity index (χ0) is 12.3. The maximum Gasteiger partial charge on any atom is 0.303 e. The summed E-state index contributed by atoms with van der Waals surface area (Å²) in [4.78, 5) is 14.3. The number of aryl methyl sites for hydroxylation is 1. The summed E-state index contributed by atoms with van der Waals surface area (Å²) in [6.45, 7) is 0. The lowest BCUT2D eigenvalue weighted by molar-refractivity contribution is -0.136. The van der Waals surface area contributed by atoms with Crippen LogP contribution in [0.25, 0.3) is 5.82 Å². The normalized spacial score (nSPS) is 10.4. The molecule has 6 heteroatoms. The highest BCUT2D eigenvalue weighted by Gasteiger charge is 2.04. The number of halogens is 1. The Kier molecular flexibility index (Phi) is 3.13. The van der Waals surface area contributed by atoms with Crippen molar-refractivity contribution in [2.24, 2.45) is 0 Å². The molecule has 0 spiro atoms. The van der Waals surface area contributed by atoms with E-state index in [1.807, 2.05) is 0 Å². The molecule has 1 N–H and O–H groups in total. The van der Waals surface area contributed by atoms with Crippen LogP contribution in [-0.2, 0) is 11.2 Å². The first-order valence-electron chi connectivity index (χ1n) is 5.03. The first-order valence-corrected chi connectivity index (χ1v) is 5.03. The molecule has 0 fully saturated rings. The minimum absolute atomic E-state index is 0.0356. The quantitative estimate of drug-likeness (QED) is 0.870. The van der Waals surface area contributed by atoms with Crippen LogP contribution in [0.15, 0.2) is 30.6 Å². The van der Waals surface area contributed by atoms with Gasteiger partial charge in [-0.05, 0) is 18.2 Å². The molecule has 0 saturated carbocycles. The highest BCUT2D eigenvalue weighted by molar-refractivity contribution is 5.66. The fourth-order valence-electron chi connectivity index (χ4n) is 1.36. The number of carboxylic acid groups (broad SMARTS) is 1. The second kappa shape index (κ2) is 4.73. The van der Waals surface area contributed by atoms with Gasteiger partial charge in [0.25, 0.3) is 0 Å². The Morgan fingerprint density at radius 2 is 2.24 bits per heavy atom. The summed E-state index contributed by atoms with van der Waals surface area (Å²) in [7, 11) is 0. The molecule has 0 aliphatic heterocycles. The average molecular weight is 235 g/mol. The van der Waals surface area contributed by atoms with Gasteiger partial charge < -0.3 is 5.11 Å². The third-order valence-corrected chi connectivity index (χ3v) is 2.19. The summed E-state index contributed by atoms with van der Waals surface area (Å²) in [5, 5.41) is 12.7. The molecule has 5 nitrogen and oxygen atoms in total. The number of aromatic nitrogens is 3. The van der Waals surface area contributed by atoms with Crippen molar-refractivity contribution in [3.63, 3.8) is 0 Å². The summed E-state index contributed by atoms with van der Waals surface area (Å²) >= 11 is 0. The molecule has 0 aliphatic rings. The number of hydrogen-bond donors (Lipinski definition) is 1. The number of carbonyl (C=O) groups is 1. The molecule has 0 bridgehead atoms. The standard InChI is InChI=1S/C11H10FN3O2/c12-8-1-3-10(13-7-8)15-6-5-9(14-15)2-4-11(16)17/h1,3,5-7H,2,4H2,(H,16,17). The van der Waals surface area contributed by atoms with Crippen molar-refractivity contribution in [3.8, 4) is 5.82 Å². The van der Waals surface area contributed by atoms with Crippen LogP contribution < -0.4 is 0 Å². The number of nitrogens with zero attached hydrogens (tertiary/aromatic N) is 3. The van der Waals surface area contributed by atoms with Crippen molar-refractivity contribution >= 4 is 5.97 Å². The van der Waals surface area contributed by atoms with Crippen LogP contribution in [0.3, 0.4) is 0 Å². The van der Waals surface area contributed by atoms with Gasteiger partial charge in [-0.2, -0.15) is 5.10 Å². The molecule has 2 aromatic rings. The molecule has 2 heterocycles. The van der Waals surface area contributed by atoms with Gasteiger partial charge in [0.1, 0.15) is 5.82 Å². The number of pyridine rings is 1. The van der Waals surface area contributed by atoms with E-state index < -0.39 is 11.8 Å². The lowest BCUT2D eigenvalue weighted by Gasteiger charge is -1.99. The molecule has 2 rings (SSSR count). The summed E-state index contributed by atoms with van der Waals surface area (Å²) in [5.41, 5.74) is 0.665. The SMILES string of the molecule is O=C(O)CCc1ccn(-c2ccc(F)cn2)n1. The first-order chi connectivity index (χ1) is 8.15. The van der Waals surface area contributed by atoms with Crippen LogP contribution in [0.4, 0.5) is 4.39 Å². The summed E-state index contributed by atoms with van der Waals surface area (Å²) < 4.78 is 14.1. The fraction of sp³-hybridized carbons (Fsp3) is 0.182. The van der Waals surface area contributed by atoms with Gasteiger partial charge in [0.15, 0.2) is 5.82 Å². The average Bonchev–Trinajstić information content (AvgIpc) is 2.76. The van der Waals surface area contributed by atoms with Gasteiger partial charge in [-0.25, -0.2) is 14.1 Å². The van der Waals surface area contributed by atoms with Gasteiger partial charge in [0.05, 0.1) is 18.3 Å². The maximum absolute atomic E-state index is 12.7. The molecule has 0 saturated heterocycles. The van der Waals surface area contributed by atoms with Gasteiger partial charge in [-0.15, -0.1) is 0 Å². The van der Waals surface area contributed by atoms with E-state index >= 15 is 0 Å². The second-order valence-electron chi connectivity index (χ2n) is 3.48. The van der Waals surface area contributed by atoms with Crippen molar-refractivity contribution in [3.05, 3.63) is 42.1 Å². The van der Waals surface area contributed by atoms with Crippen LogP contribution in [0.2, 0.25) is 0 Å². The maximum atomic E-state index is 12.7. The van der Waals surface area contributed by atoms with Crippen LogP contribution in [0.1, 0.15) is 12.1 Å². The Hall–Kier alpha value is -2.24. The summed E-state index contributed by atoms with van der Waals surface area (Å²) in [6, 6.07) is 4.51. The van der Waals surface area contributed by atoms with Crippen molar-refractivity contribution in [1.82, 2.24) is 14.8 Å². The largest absolute Gasteiger partial charge is 0.481 e. The topological polar surface area (TPSA) is 68.0 Å². The Balaban J connectivity index is 2.12. The summed E-state index contributed by atoms with van der Waals surface area (Å²) in [5.74, 6) is -0.778. The number of carboxylic acids is 1. The van der Waals surface area contributed by atoms with Crippen molar-refractivity contribution in [1.29, 1.82) is 0 Å². The predicted molar refractivity (Wildman–Crippen MR) is 57.3 cm³/mol. The van der Waals surface area contributed by atoms with Crippen LogP contribution in [0.5, 0.6) is 0 Å². The van der Waals surface area contributed by atoms with Crippen LogP contribution in [0, 0.1) is 5.82 Å². The van der Waals surface area contributed by atoms with E-state index in [2.05, 4.69) is 10.1 Å². The molecule has 0 unspecified atom stereocenters. The zero-order valence-electron chi connectivity index (χ0n) is 8.88. The van der Waals surface area contributed by atoms with Crippen molar-refractivity contribution < 1.29 is 14.3 Å². The van der Waals surface area contributed by atoms with E-state index in [9.17, 15) is 9.18 Å². The smallest absolute Gasteiger partial charge is 0.303 e. The third kappa shape index (κ3) is 2.87. The molecule has 17 heavy (non-hydrogen) atoms.